The molecule has 2 atom stereocenters. The molecule has 1 aromatic heterocycles. The second-order valence-electron chi connectivity index (χ2n) is 4.40. The molecule has 0 saturated carbocycles. The highest BCUT2D eigenvalue weighted by Gasteiger charge is 2.39. The van der Waals surface area contributed by atoms with E-state index in [9.17, 15) is 5.21 Å². The second-order valence-corrected chi connectivity index (χ2v) is 4.40. The van der Waals surface area contributed by atoms with Crippen LogP contribution in [0.2, 0.25) is 0 Å². The fourth-order valence-electron chi connectivity index (χ4n) is 2.33. The molecule has 1 N–H and O–H groups in total. The van der Waals surface area contributed by atoms with Crippen molar-refractivity contribution in [3.63, 3.8) is 0 Å². The van der Waals surface area contributed by atoms with E-state index >= 15 is 0 Å². The molecule has 0 bridgehead atoms. The van der Waals surface area contributed by atoms with Crippen molar-refractivity contribution < 1.29 is 14.4 Å². The molecule has 3 heteroatoms. The molecule has 76 valence electrons. The van der Waals surface area contributed by atoms with Crippen molar-refractivity contribution in [1.82, 2.24) is 0 Å². The average Bonchev–Trinajstić information content (AvgIpc) is 2.45. The molecule has 0 radical (unpaired) electrons. The monoisotopic (exact) mass is 194 g/mol. The van der Waals surface area contributed by atoms with Gasteiger partial charge in [0.1, 0.15) is 19.6 Å². The minimum Gasteiger partial charge on any atom is -0.217 e. The quantitative estimate of drug-likeness (QED) is 0.527. The standard InChI is InChI=1S/C11H18N2O/c1-12-7-3-5-10(9-12)11-6-4-8-13(11,2)14/h3,5,7,9,11,14H,4,6,8H2,1-2H3/q+2/t11-,13?/m1/s1. The molecule has 1 aliphatic heterocycles. The minimum absolute atomic E-state index is 0.143. The van der Waals surface area contributed by atoms with Crippen LogP contribution in [0.3, 0.4) is 0 Å². The summed E-state index contributed by atoms with van der Waals surface area (Å²) in [5.74, 6) is 0. The number of aryl methyl sites for hydroxylation is 1. The maximum Gasteiger partial charge on any atom is 0.177 e. The largest absolute Gasteiger partial charge is 0.217 e. The van der Waals surface area contributed by atoms with Crippen LogP contribution in [0.25, 0.3) is 0 Å². The lowest BCUT2D eigenvalue weighted by Gasteiger charge is -2.26. The maximum atomic E-state index is 10.1. The molecule has 0 amide bonds. The van der Waals surface area contributed by atoms with Crippen LogP contribution >= 0.6 is 0 Å². The third kappa shape index (κ3) is 1.65. The first-order valence-electron chi connectivity index (χ1n) is 5.13. The van der Waals surface area contributed by atoms with Crippen LogP contribution in [-0.2, 0) is 7.05 Å². The number of hydrogen-bond acceptors (Lipinski definition) is 1. The van der Waals surface area contributed by atoms with Crippen LogP contribution in [0.15, 0.2) is 24.5 Å². The van der Waals surface area contributed by atoms with E-state index in [-0.39, 0.29) is 10.7 Å². The lowest BCUT2D eigenvalue weighted by Crippen LogP contribution is -2.40. The van der Waals surface area contributed by atoms with Crippen LogP contribution in [-0.4, -0.2) is 23.4 Å². The first kappa shape index (κ1) is 9.62. The first-order valence-corrected chi connectivity index (χ1v) is 5.13. The van der Waals surface area contributed by atoms with Gasteiger partial charge in [-0.2, -0.15) is 4.65 Å². The van der Waals surface area contributed by atoms with Crippen LogP contribution < -0.4 is 4.57 Å². The van der Waals surface area contributed by atoms with Gasteiger partial charge in [-0.3, -0.25) is 0 Å². The van der Waals surface area contributed by atoms with Crippen LogP contribution in [0.4, 0.5) is 0 Å². The summed E-state index contributed by atoms with van der Waals surface area (Å²) in [6.07, 6.45) is 6.30. The van der Waals surface area contributed by atoms with E-state index in [0.717, 1.165) is 19.4 Å². The van der Waals surface area contributed by atoms with Crippen molar-refractivity contribution in [3.8, 4) is 0 Å². The Kier molecular flexibility index (Phi) is 2.29. The van der Waals surface area contributed by atoms with E-state index in [4.69, 9.17) is 0 Å². The first-order chi connectivity index (χ1) is 6.59. The molecule has 1 fully saturated rings. The Bertz CT molecular complexity index is 336. The number of pyridine rings is 1. The van der Waals surface area contributed by atoms with Crippen molar-refractivity contribution in [3.05, 3.63) is 30.1 Å². The Labute approximate surface area is 84.8 Å². The van der Waals surface area contributed by atoms with Gasteiger partial charge in [0.25, 0.3) is 0 Å². The Morgan fingerprint density at radius 3 is 2.93 bits per heavy atom. The van der Waals surface area contributed by atoms with Gasteiger partial charge in [0.05, 0.1) is 12.6 Å². The molecule has 3 nitrogen and oxygen atoms in total. The second kappa shape index (κ2) is 3.33. The highest BCUT2D eigenvalue weighted by atomic mass is 16.5. The molecule has 0 aliphatic carbocycles. The number of likely N-dealkylation sites (tertiary alicyclic amines) is 1. The SMILES string of the molecule is C[n+]1cccc([C@H]2CCC[N+]2(C)O)c1. The van der Waals surface area contributed by atoms with Crippen LogP contribution in [0, 0.1) is 0 Å². The number of quaternary nitrogens is 1. The van der Waals surface area contributed by atoms with Crippen molar-refractivity contribution >= 4 is 0 Å². The number of hydrogen-bond donors (Lipinski definition) is 1. The molecular formula is C11H18N2O+2. The van der Waals surface area contributed by atoms with Gasteiger partial charge < -0.3 is 0 Å². The summed E-state index contributed by atoms with van der Waals surface area (Å²) >= 11 is 0. The highest BCUT2D eigenvalue weighted by molar-refractivity contribution is 5.09. The lowest BCUT2D eigenvalue weighted by atomic mass is 10.1. The van der Waals surface area contributed by atoms with Gasteiger partial charge in [-0.1, -0.05) is 0 Å². The minimum atomic E-state index is 0.143. The fraction of sp³-hybridized carbons (Fsp3) is 0.545. The van der Waals surface area contributed by atoms with Gasteiger partial charge in [0.2, 0.25) is 0 Å². The van der Waals surface area contributed by atoms with E-state index in [1.54, 1.807) is 0 Å². The highest BCUT2D eigenvalue weighted by Crippen LogP contribution is 2.34. The van der Waals surface area contributed by atoms with Crippen molar-refractivity contribution in [2.24, 2.45) is 7.05 Å². The third-order valence-electron chi connectivity index (χ3n) is 3.11. The van der Waals surface area contributed by atoms with Gasteiger partial charge in [0, 0.05) is 18.9 Å². The normalized spacial score (nSPS) is 32.1. The topological polar surface area (TPSA) is 24.1 Å². The molecule has 2 rings (SSSR count). The Balaban J connectivity index is 2.31. The molecule has 0 spiro atoms. The molecule has 1 aliphatic rings. The van der Waals surface area contributed by atoms with E-state index in [1.807, 2.05) is 30.9 Å². The zero-order valence-electron chi connectivity index (χ0n) is 8.85. The number of hydroxylamine groups is 3. The zero-order valence-corrected chi connectivity index (χ0v) is 8.85. The summed E-state index contributed by atoms with van der Waals surface area (Å²) in [5.41, 5.74) is 1.23. The van der Waals surface area contributed by atoms with Crippen molar-refractivity contribution in [2.75, 3.05) is 13.6 Å². The van der Waals surface area contributed by atoms with Crippen molar-refractivity contribution in [1.29, 1.82) is 0 Å². The van der Waals surface area contributed by atoms with Gasteiger partial charge in [-0.25, -0.2) is 9.77 Å². The van der Waals surface area contributed by atoms with E-state index in [2.05, 4.69) is 12.3 Å². The maximum absolute atomic E-state index is 10.1. The van der Waals surface area contributed by atoms with Gasteiger partial charge in [-0.15, -0.1) is 0 Å². The van der Waals surface area contributed by atoms with Gasteiger partial charge >= 0.3 is 0 Å². The summed E-state index contributed by atoms with van der Waals surface area (Å²) in [7, 11) is 3.91. The predicted molar refractivity (Wildman–Crippen MR) is 52.4 cm³/mol. The molecular weight excluding hydrogens is 176 g/mol. The summed E-state index contributed by atoms with van der Waals surface area (Å²) in [4.78, 5) is 0. The van der Waals surface area contributed by atoms with E-state index in [0.29, 0.717) is 0 Å². The lowest BCUT2D eigenvalue weighted by molar-refractivity contribution is -1.10. The molecule has 1 unspecified atom stereocenters. The van der Waals surface area contributed by atoms with E-state index in [1.165, 1.54) is 5.56 Å². The smallest absolute Gasteiger partial charge is 0.177 e. The van der Waals surface area contributed by atoms with Crippen molar-refractivity contribution in [2.45, 2.75) is 18.9 Å². The Morgan fingerprint density at radius 1 is 1.57 bits per heavy atom. The average molecular weight is 194 g/mol. The summed E-state index contributed by atoms with van der Waals surface area (Å²) in [6.45, 7) is 0.864. The number of nitrogens with zero attached hydrogens (tertiary/aromatic N) is 2. The third-order valence-corrected chi connectivity index (χ3v) is 3.11. The van der Waals surface area contributed by atoms with Crippen LogP contribution in [0.1, 0.15) is 24.4 Å². The zero-order chi connectivity index (χ0) is 10.2. The van der Waals surface area contributed by atoms with E-state index < -0.39 is 0 Å². The number of rotatable bonds is 1. The molecule has 0 aromatic carbocycles. The molecule has 1 aromatic rings. The Morgan fingerprint density at radius 2 is 2.36 bits per heavy atom. The fourth-order valence-corrected chi connectivity index (χ4v) is 2.33. The number of aromatic nitrogens is 1. The van der Waals surface area contributed by atoms with Crippen LogP contribution in [0.5, 0.6) is 0 Å². The molecule has 14 heavy (non-hydrogen) atoms. The summed E-state index contributed by atoms with van der Waals surface area (Å²) < 4.78 is 2.18. The molecule has 2 heterocycles. The van der Waals surface area contributed by atoms with Gasteiger partial charge in [-0.05, 0) is 6.07 Å². The summed E-state index contributed by atoms with van der Waals surface area (Å²) in [5, 5.41) is 10.1. The Hall–Kier alpha value is -0.930. The summed E-state index contributed by atoms with van der Waals surface area (Å²) in [6, 6.07) is 4.39. The predicted octanol–water partition coefficient (Wildman–Crippen LogP) is 1.18. The molecule has 1 saturated heterocycles. The van der Waals surface area contributed by atoms with Gasteiger partial charge in [0.15, 0.2) is 12.4 Å².